The van der Waals surface area contributed by atoms with Crippen molar-refractivity contribution in [2.24, 2.45) is 5.92 Å². The van der Waals surface area contributed by atoms with Crippen molar-refractivity contribution in [1.82, 2.24) is 4.31 Å². The molecule has 1 aromatic rings. The molecule has 1 atom stereocenters. The second-order valence-corrected chi connectivity index (χ2v) is 7.55. The van der Waals surface area contributed by atoms with Gasteiger partial charge in [0.15, 0.2) is 5.78 Å². The van der Waals surface area contributed by atoms with Gasteiger partial charge in [-0.1, -0.05) is 12.1 Å². The highest BCUT2D eigenvalue weighted by molar-refractivity contribution is 7.89. The van der Waals surface area contributed by atoms with Crippen LogP contribution >= 0.6 is 0 Å². The molecule has 0 saturated carbocycles. The first-order valence-corrected chi connectivity index (χ1v) is 9.08. The second-order valence-electron chi connectivity index (χ2n) is 5.61. The summed E-state index contributed by atoms with van der Waals surface area (Å²) in [6.07, 6.45) is 1.85. The fraction of sp³-hybridized carbons (Fsp3) is 0.562. The average molecular weight is 325 g/mol. The van der Waals surface area contributed by atoms with E-state index in [0.717, 1.165) is 12.8 Å². The maximum absolute atomic E-state index is 12.7. The van der Waals surface area contributed by atoms with Gasteiger partial charge in [-0.3, -0.25) is 4.79 Å². The first-order valence-electron chi connectivity index (χ1n) is 7.64. The van der Waals surface area contributed by atoms with Crippen LogP contribution in [-0.2, 0) is 14.8 Å². The van der Waals surface area contributed by atoms with Gasteiger partial charge < -0.3 is 4.74 Å². The maximum atomic E-state index is 12.7. The Kier molecular flexibility index (Phi) is 5.72. The lowest BCUT2D eigenvalue weighted by molar-refractivity contribution is 0.0864. The van der Waals surface area contributed by atoms with Crippen LogP contribution in [0.15, 0.2) is 29.2 Å². The fourth-order valence-electron chi connectivity index (χ4n) is 2.68. The molecule has 0 aromatic heterocycles. The number of piperidine rings is 1. The van der Waals surface area contributed by atoms with Crippen LogP contribution in [0.5, 0.6) is 0 Å². The molecule has 22 heavy (non-hydrogen) atoms. The van der Waals surface area contributed by atoms with Crippen molar-refractivity contribution < 1.29 is 17.9 Å². The monoisotopic (exact) mass is 325 g/mol. The molecule has 2 rings (SSSR count). The number of hydrogen-bond acceptors (Lipinski definition) is 4. The van der Waals surface area contributed by atoms with Gasteiger partial charge in [-0.05, 0) is 44.7 Å². The summed E-state index contributed by atoms with van der Waals surface area (Å²) in [5.74, 6) is 0.179. The number of nitrogens with zero attached hydrogens (tertiary/aromatic N) is 1. The zero-order valence-electron chi connectivity index (χ0n) is 13.1. The standard InChI is InChI=1S/C16H23NO4S/c1-3-21-12-14-5-4-10-17(11-14)22(19,20)16-8-6-15(7-9-16)13(2)18/h6-9,14H,3-5,10-12H2,1-2H3. The lowest BCUT2D eigenvalue weighted by Crippen LogP contribution is -2.41. The minimum atomic E-state index is -3.50. The van der Waals surface area contributed by atoms with Crippen LogP contribution in [0.1, 0.15) is 37.0 Å². The van der Waals surface area contributed by atoms with Crippen LogP contribution in [0, 0.1) is 5.92 Å². The molecular formula is C16H23NO4S. The van der Waals surface area contributed by atoms with Gasteiger partial charge in [0.2, 0.25) is 10.0 Å². The molecule has 0 radical (unpaired) electrons. The molecule has 0 bridgehead atoms. The molecule has 1 heterocycles. The Balaban J connectivity index is 2.13. The molecule has 0 spiro atoms. The third kappa shape index (κ3) is 3.94. The number of hydrogen-bond donors (Lipinski definition) is 0. The van der Waals surface area contributed by atoms with E-state index in [9.17, 15) is 13.2 Å². The molecular weight excluding hydrogens is 302 g/mol. The third-order valence-electron chi connectivity index (χ3n) is 3.94. The van der Waals surface area contributed by atoms with Gasteiger partial charge in [0.1, 0.15) is 0 Å². The summed E-state index contributed by atoms with van der Waals surface area (Å²) < 4.78 is 32.3. The largest absolute Gasteiger partial charge is 0.381 e. The van der Waals surface area contributed by atoms with Crippen molar-refractivity contribution in [3.8, 4) is 0 Å². The number of rotatable bonds is 6. The highest BCUT2D eigenvalue weighted by Gasteiger charge is 2.30. The van der Waals surface area contributed by atoms with Crippen LogP contribution in [0.2, 0.25) is 0 Å². The van der Waals surface area contributed by atoms with Gasteiger partial charge in [0.05, 0.1) is 11.5 Å². The number of sulfonamides is 1. The lowest BCUT2D eigenvalue weighted by atomic mass is 10.0. The smallest absolute Gasteiger partial charge is 0.243 e. The molecule has 1 saturated heterocycles. The van der Waals surface area contributed by atoms with E-state index in [-0.39, 0.29) is 16.6 Å². The van der Waals surface area contributed by atoms with E-state index in [1.54, 1.807) is 12.1 Å². The van der Waals surface area contributed by atoms with E-state index in [1.165, 1.54) is 23.4 Å². The summed E-state index contributed by atoms with van der Waals surface area (Å²) in [5, 5.41) is 0. The van der Waals surface area contributed by atoms with Gasteiger partial charge in [0.25, 0.3) is 0 Å². The Morgan fingerprint density at radius 3 is 2.59 bits per heavy atom. The molecule has 1 unspecified atom stereocenters. The normalized spacial score (nSPS) is 20.0. The highest BCUT2D eigenvalue weighted by atomic mass is 32.2. The third-order valence-corrected chi connectivity index (χ3v) is 5.82. The first-order chi connectivity index (χ1) is 10.4. The zero-order valence-corrected chi connectivity index (χ0v) is 13.9. The molecule has 6 heteroatoms. The number of Topliss-reactive ketones (excluding diaryl/α,β-unsaturated/α-hetero) is 1. The van der Waals surface area contributed by atoms with Crippen molar-refractivity contribution in [1.29, 1.82) is 0 Å². The van der Waals surface area contributed by atoms with E-state index in [1.807, 2.05) is 6.92 Å². The first kappa shape index (κ1) is 17.1. The summed E-state index contributed by atoms with van der Waals surface area (Å²) >= 11 is 0. The molecule has 0 N–H and O–H groups in total. The van der Waals surface area contributed by atoms with Gasteiger partial charge in [-0.2, -0.15) is 4.31 Å². The molecule has 1 fully saturated rings. The van der Waals surface area contributed by atoms with Crippen LogP contribution in [0.4, 0.5) is 0 Å². The van der Waals surface area contributed by atoms with Gasteiger partial charge in [-0.15, -0.1) is 0 Å². The molecule has 1 aromatic carbocycles. The van der Waals surface area contributed by atoms with Crippen molar-refractivity contribution in [3.63, 3.8) is 0 Å². The molecule has 122 valence electrons. The molecule has 0 amide bonds. The molecule has 1 aliphatic rings. The Morgan fingerprint density at radius 1 is 1.32 bits per heavy atom. The average Bonchev–Trinajstić information content (AvgIpc) is 2.53. The number of carbonyl (C=O) groups excluding carboxylic acids is 1. The number of benzene rings is 1. The zero-order chi connectivity index (χ0) is 16.2. The SMILES string of the molecule is CCOCC1CCCN(S(=O)(=O)c2ccc(C(C)=O)cc2)C1. The van der Waals surface area contributed by atoms with Crippen molar-refractivity contribution in [2.75, 3.05) is 26.3 Å². The van der Waals surface area contributed by atoms with Crippen LogP contribution in [0.25, 0.3) is 0 Å². The van der Waals surface area contributed by atoms with Gasteiger partial charge in [0, 0.05) is 25.3 Å². The van der Waals surface area contributed by atoms with E-state index in [2.05, 4.69) is 0 Å². The number of ketones is 1. The van der Waals surface area contributed by atoms with Crippen molar-refractivity contribution in [2.45, 2.75) is 31.6 Å². The minimum absolute atomic E-state index is 0.0706. The van der Waals surface area contributed by atoms with E-state index in [0.29, 0.717) is 31.9 Å². The van der Waals surface area contributed by atoms with Gasteiger partial charge in [-0.25, -0.2) is 8.42 Å². The summed E-state index contributed by atoms with van der Waals surface area (Å²) in [5.41, 5.74) is 0.520. The number of ether oxygens (including phenoxy) is 1. The molecule has 1 aliphatic heterocycles. The summed E-state index contributed by atoms with van der Waals surface area (Å²) in [6.45, 7) is 5.69. The van der Waals surface area contributed by atoms with Crippen molar-refractivity contribution >= 4 is 15.8 Å². The minimum Gasteiger partial charge on any atom is -0.381 e. The second kappa shape index (κ2) is 7.35. The topological polar surface area (TPSA) is 63.7 Å². The summed E-state index contributed by atoms with van der Waals surface area (Å²) in [6, 6.07) is 6.16. The highest BCUT2D eigenvalue weighted by Crippen LogP contribution is 2.24. The van der Waals surface area contributed by atoms with Gasteiger partial charge >= 0.3 is 0 Å². The molecule has 5 nitrogen and oxygen atoms in total. The lowest BCUT2D eigenvalue weighted by Gasteiger charge is -2.31. The molecule has 0 aliphatic carbocycles. The van der Waals surface area contributed by atoms with Crippen molar-refractivity contribution in [3.05, 3.63) is 29.8 Å². The van der Waals surface area contributed by atoms with E-state index < -0.39 is 10.0 Å². The van der Waals surface area contributed by atoms with E-state index >= 15 is 0 Å². The van der Waals surface area contributed by atoms with Crippen LogP contribution < -0.4 is 0 Å². The Morgan fingerprint density at radius 2 is 2.00 bits per heavy atom. The Labute approximate surface area is 132 Å². The summed E-state index contributed by atoms with van der Waals surface area (Å²) in [4.78, 5) is 11.5. The quantitative estimate of drug-likeness (QED) is 0.753. The predicted octanol–water partition coefficient (Wildman–Crippen LogP) is 2.33. The fourth-order valence-corrected chi connectivity index (χ4v) is 4.23. The van der Waals surface area contributed by atoms with Crippen LogP contribution in [-0.4, -0.2) is 44.8 Å². The maximum Gasteiger partial charge on any atom is 0.243 e. The van der Waals surface area contributed by atoms with E-state index in [4.69, 9.17) is 4.74 Å². The predicted molar refractivity (Wildman–Crippen MR) is 84.4 cm³/mol. The Hall–Kier alpha value is -1.24. The number of carbonyl (C=O) groups is 1. The van der Waals surface area contributed by atoms with Crippen LogP contribution in [0.3, 0.4) is 0 Å². The summed E-state index contributed by atoms with van der Waals surface area (Å²) in [7, 11) is -3.50. The Bertz CT molecular complexity index is 610.